The molecule has 0 unspecified atom stereocenters. The Labute approximate surface area is 122 Å². The summed E-state index contributed by atoms with van der Waals surface area (Å²) < 4.78 is 5.15. The van der Waals surface area contributed by atoms with Gasteiger partial charge in [-0.15, -0.1) is 0 Å². The van der Waals surface area contributed by atoms with Crippen LogP contribution in [0.15, 0.2) is 24.3 Å². The number of carbonyl (C=O) groups excluding carboxylic acids is 1. The molecule has 0 aliphatic heterocycles. The first-order valence-corrected chi connectivity index (χ1v) is 7.06. The van der Waals surface area contributed by atoms with Crippen LogP contribution in [0, 0.1) is 5.92 Å². The average Bonchev–Trinajstić information content (AvgIpc) is 2.39. The van der Waals surface area contributed by atoms with E-state index in [0.717, 1.165) is 17.7 Å². The zero-order chi connectivity index (χ0) is 15.1. The number of hydrogen-bond donors (Lipinski definition) is 1. The van der Waals surface area contributed by atoms with Crippen molar-refractivity contribution in [2.24, 2.45) is 5.92 Å². The van der Waals surface area contributed by atoms with Gasteiger partial charge in [-0.3, -0.25) is 0 Å². The highest BCUT2D eigenvalue weighted by molar-refractivity contribution is 5.90. The number of anilines is 1. The Balaban J connectivity index is 2.70. The fourth-order valence-electron chi connectivity index (χ4n) is 2.17. The first-order chi connectivity index (χ1) is 9.45. The zero-order valence-electron chi connectivity index (χ0n) is 13.1. The van der Waals surface area contributed by atoms with Gasteiger partial charge < -0.3 is 15.0 Å². The molecule has 0 fully saturated rings. The number of urea groups is 1. The summed E-state index contributed by atoms with van der Waals surface area (Å²) in [5.41, 5.74) is 1.79. The fraction of sp³-hybridized carbons (Fsp3) is 0.562. The van der Waals surface area contributed by atoms with Crippen LogP contribution in [0.3, 0.4) is 0 Å². The molecule has 4 heteroatoms. The van der Waals surface area contributed by atoms with E-state index in [9.17, 15) is 4.79 Å². The minimum atomic E-state index is -0.0818. The van der Waals surface area contributed by atoms with Crippen molar-refractivity contribution in [3.05, 3.63) is 29.8 Å². The SMILES string of the molecule is COCc1ccccc1NC(=O)N(C)[C@@H](C)CC(C)C. The number of amides is 2. The molecule has 1 atom stereocenters. The Morgan fingerprint density at radius 1 is 1.30 bits per heavy atom. The van der Waals surface area contributed by atoms with Crippen molar-refractivity contribution in [2.75, 3.05) is 19.5 Å². The lowest BCUT2D eigenvalue weighted by Crippen LogP contribution is -2.39. The third kappa shape index (κ3) is 4.85. The number of methoxy groups -OCH3 is 1. The van der Waals surface area contributed by atoms with E-state index in [4.69, 9.17) is 4.74 Å². The van der Waals surface area contributed by atoms with Gasteiger partial charge in [-0.25, -0.2) is 4.79 Å². The van der Waals surface area contributed by atoms with Crippen molar-refractivity contribution in [3.63, 3.8) is 0 Å². The Morgan fingerprint density at radius 3 is 2.55 bits per heavy atom. The summed E-state index contributed by atoms with van der Waals surface area (Å²) in [7, 11) is 3.48. The lowest BCUT2D eigenvalue weighted by atomic mass is 10.0. The summed E-state index contributed by atoms with van der Waals surface area (Å²) in [5.74, 6) is 0.570. The van der Waals surface area contributed by atoms with E-state index < -0.39 is 0 Å². The molecule has 1 aromatic carbocycles. The van der Waals surface area contributed by atoms with Crippen molar-refractivity contribution >= 4 is 11.7 Å². The predicted molar refractivity (Wildman–Crippen MR) is 82.9 cm³/mol. The van der Waals surface area contributed by atoms with E-state index in [0.29, 0.717) is 12.5 Å². The molecule has 1 aromatic rings. The van der Waals surface area contributed by atoms with E-state index in [1.165, 1.54) is 0 Å². The minimum Gasteiger partial charge on any atom is -0.380 e. The monoisotopic (exact) mass is 278 g/mol. The number of para-hydroxylation sites is 1. The van der Waals surface area contributed by atoms with Gasteiger partial charge in [0.2, 0.25) is 0 Å². The van der Waals surface area contributed by atoms with E-state index in [1.807, 2.05) is 31.3 Å². The number of nitrogens with one attached hydrogen (secondary N) is 1. The second-order valence-corrected chi connectivity index (χ2v) is 5.61. The summed E-state index contributed by atoms with van der Waals surface area (Å²) in [6.45, 7) is 6.88. The van der Waals surface area contributed by atoms with Crippen molar-refractivity contribution < 1.29 is 9.53 Å². The molecular weight excluding hydrogens is 252 g/mol. The van der Waals surface area contributed by atoms with Crippen LogP contribution in [-0.2, 0) is 11.3 Å². The third-order valence-electron chi connectivity index (χ3n) is 3.35. The van der Waals surface area contributed by atoms with Crippen molar-refractivity contribution in [2.45, 2.75) is 39.8 Å². The highest BCUT2D eigenvalue weighted by atomic mass is 16.5. The molecule has 0 heterocycles. The number of nitrogens with zero attached hydrogens (tertiary/aromatic N) is 1. The maximum absolute atomic E-state index is 12.3. The molecule has 0 radical (unpaired) electrons. The molecule has 0 spiro atoms. The quantitative estimate of drug-likeness (QED) is 0.861. The lowest BCUT2D eigenvalue weighted by Gasteiger charge is -2.27. The maximum Gasteiger partial charge on any atom is 0.321 e. The standard InChI is InChI=1S/C16H26N2O2/c1-12(2)10-13(3)18(4)16(19)17-15-9-7-6-8-14(15)11-20-5/h6-9,12-13H,10-11H2,1-5H3,(H,17,19)/t13-/m0/s1. The first-order valence-electron chi connectivity index (χ1n) is 7.06. The van der Waals surface area contributed by atoms with Crippen molar-refractivity contribution in [3.8, 4) is 0 Å². The Kier molecular flexibility index (Phi) is 6.52. The van der Waals surface area contributed by atoms with Crippen LogP contribution in [0.25, 0.3) is 0 Å². The summed E-state index contributed by atoms with van der Waals surface area (Å²) in [4.78, 5) is 14.0. The Hall–Kier alpha value is -1.55. The fourth-order valence-corrected chi connectivity index (χ4v) is 2.17. The molecule has 2 amide bonds. The summed E-state index contributed by atoms with van der Waals surface area (Å²) in [5, 5.41) is 2.96. The van der Waals surface area contributed by atoms with Gasteiger partial charge >= 0.3 is 6.03 Å². The molecule has 0 aliphatic carbocycles. The van der Waals surface area contributed by atoms with Gasteiger partial charge in [0, 0.05) is 31.5 Å². The second-order valence-electron chi connectivity index (χ2n) is 5.61. The lowest BCUT2D eigenvalue weighted by molar-refractivity contribution is 0.185. The second kappa shape index (κ2) is 7.90. The molecule has 0 saturated carbocycles. The highest BCUT2D eigenvalue weighted by Crippen LogP contribution is 2.17. The Bertz CT molecular complexity index is 432. The van der Waals surface area contributed by atoms with Gasteiger partial charge in [0.1, 0.15) is 0 Å². The molecule has 0 aliphatic rings. The summed E-state index contributed by atoms with van der Waals surface area (Å²) >= 11 is 0. The normalized spacial score (nSPS) is 12.3. The molecule has 4 nitrogen and oxygen atoms in total. The van der Waals surface area contributed by atoms with Crippen LogP contribution >= 0.6 is 0 Å². The van der Waals surface area contributed by atoms with Crippen LogP contribution in [0.4, 0.5) is 10.5 Å². The van der Waals surface area contributed by atoms with Gasteiger partial charge in [-0.05, 0) is 25.3 Å². The summed E-state index contributed by atoms with van der Waals surface area (Å²) in [6.07, 6.45) is 0.990. The topological polar surface area (TPSA) is 41.6 Å². The van der Waals surface area contributed by atoms with Gasteiger partial charge in [0.05, 0.1) is 6.61 Å². The van der Waals surface area contributed by atoms with Gasteiger partial charge in [0.25, 0.3) is 0 Å². The molecule has 20 heavy (non-hydrogen) atoms. The van der Waals surface area contributed by atoms with Gasteiger partial charge in [-0.1, -0.05) is 32.0 Å². The zero-order valence-corrected chi connectivity index (χ0v) is 13.1. The van der Waals surface area contributed by atoms with E-state index >= 15 is 0 Å². The number of benzene rings is 1. The van der Waals surface area contributed by atoms with Gasteiger partial charge in [-0.2, -0.15) is 0 Å². The third-order valence-corrected chi connectivity index (χ3v) is 3.35. The predicted octanol–water partition coefficient (Wildman–Crippen LogP) is 3.73. The number of carbonyl (C=O) groups is 1. The average molecular weight is 278 g/mol. The van der Waals surface area contributed by atoms with Crippen molar-refractivity contribution in [1.82, 2.24) is 4.90 Å². The van der Waals surface area contributed by atoms with Crippen LogP contribution < -0.4 is 5.32 Å². The number of hydrogen-bond acceptors (Lipinski definition) is 2. The summed E-state index contributed by atoms with van der Waals surface area (Å²) in [6, 6.07) is 7.83. The van der Waals surface area contributed by atoms with E-state index in [2.05, 4.69) is 26.1 Å². The minimum absolute atomic E-state index is 0.0818. The Morgan fingerprint density at radius 2 is 1.95 bits per heavy atom. The largest absolute Gasteiger partial charge is 0.380 e. The first kappa shape index (κ1) is 16.5. The number of ether oxygens (including phenoxy) is 1. The van der Waals surface area contributed by atoms with Crippen molar-refractivity contribution in [1.29, 1.82) is 0 Å². The molecular formula is C16H26N2O2. The number of rotatable bonds is 6. The van der Waals surface area contributed by atoms with Crippen LogP contribution in [0.1, 0.15) is 32.8 Å². The van der Waals surface area contributed by atoms with Crippen LogP contribution in [0.5, 0.6) is 0 Å². The molecule has 0 saturated heterocycles. The molecule has 0 aromatic heterocycles. The molecule has 1 N–H and O–H groups in total. The van der Waals surface area contributed by atoms with Gasteiger partial charge in [0.15, 0.2) is 0 Å². The smallest absolute Gasteiger partial charge is 0.321 e. The highest BCUT2D eigenvalue weighted by Gasteiger charge is 2.17. The van der Waals surface area contributed by atoms with Crippen LogP contribution in [0.2, 0.25) is 0 Å². The molecule has 0 bridgehead atoms. The van der Waals surface area contributed by atoms with E-state index in [1.54, 1.807) is 12.0 Å². The maximum atomic E-state index is 12.3. The molecule has 1 rings (SSSR count). The molecule has 112 valence electrons. The van der Waals surface area contributed by atoms with E-state index in [-0.39, 0.29) is 12.1 Å². The van der Waals surface area contributed by atoms with Crippen LogP contribution in [-0.4, -0.2) is 31.1 Å².